The van der Waals surface area contributed by atoms with Crippen molar-refractivity contribution in [1.82, 2.24) is 9.38 Å². The van der Waals surface area contributed by atoms with Gasteiger partial charge in [0.2, 0.25) is 0 Å². The van der Waals surface area contributed by atoms with Gasteiger partial charge in [0.05, 0.1) is 11.3 Å². The molecule has 6 heteroatoms. The lowest BCUT2D eigenvalue weighted by atomic mass is 10.2. The maximum atomic E-state index is 12.1. The van der Waals surface area contributed by atoms with Crippen molar-refractivity contribution >= 4 is 11.6 Å². The standard InChI is InChI=1S/C17H14N2O4/c1-11-3-2-8-19-15(21)9-13(18-16(11)19)10-23-17(22)12-4-6-14(20)7-5-12/h2-9,20H,10H2,1H3. The number of aryl methyl sites for hydroxylation is 1. The van der Waals surface area contributed by atoms with E-state index in [0.29, 0.717) is 16.9 Å². The van der Waals surface area contributed by atoms with Crippen molar-refractivity contribution in [2.45, 2.75) is 13.5 Å². The van der Waals surface area contributed by atoms with Gasteiger partial charge in [-0.25, -0.2) is 9.78 Å². The highest BCUT2D eigenvalue weighted by molar-refractivity contribution is 5.89. The Morgan fingerprint density at radius 3 is 2.74 bits per heavy atom. The van der Waals surface area contributed by atoms with E-state index in [1.54, 1.807) is 12.3 Å². The van der Waals surface area contributed by atoms with E-state index < -0.39 is 5.97 Å². The molecule has 6 nitrogen and oxygen atoms in total. The monoisotopic (exact) mass is 310 g/mol. The fourth-order valence-electron chi connectivity index (χ4n) is 2.20. The summed E-state index contributed by atoms with van der Waals surface area (Å²) in [5.41, 5.74) is 1.87. The van der Waals surface area contributed by atoms with E-state index >= 15 is 0 Å². The first-order valence-electron chi connectivity index (χ1n) is 6.98. The van der Waals surface area contributed by atoms with Crippen LogP contribution in [0.25, 0.3) is 5.65 Å². The molecule has 0 bridgehead atoms. The molecule has 2 heterocycles. The number of nitrogens with zero attached hydrogens (tertiary/aromatic N) is 2. The van der Waals surface area contributed by atoms with Crippen molar-refractivity contribution in [2.75, 3.05) is 0 Å². The van der Waals surface area contributed by atoms with Crippen molar-refractivity contribution in [3.63, 3.8) is 0 Å². The second kappa shape index (κ2) is 5.92. The summed E-state index contributed by atoms with van der Waals surface area (Å²) in [5, 5.41) is 9.20. The van der Waals surface area contributed by atoms with Gasteiger partial charge in [0.15, 0.2) is 0 Å². The second-order valence-corrected chi connectivity index (χ2v) is 5.09. The average Bonchev–Trinajstić information content (AvgIpc) is 2.54. The van der Waals surface area contributed by atoms with Crippen LogP contribution in [0.5, 0.6) is 5.75 Å². The molecule has 0 amide bonds. The van der Waals surface area contributed by atoms with E-state index in [1.807, 2.05) is 13.0 Å². The molecule has 0 aliphatic rings. The summed E-state index contributed by atoms with van der Waals surface area (Å²) >= 11 is 0. The molecule has 3 rings (SSSR count). The maximum absolute atomic E-state index is 12.1. The summed E-state index contributed by atoms with van der Waals surface area (Å²) in [5.74, 6) is -0.474. The molecule has 0 unspecified atom stereocenters. The molecular weight excluding hydrogens is 296 g/mol. The van der Waals surface area contributed by atoms with Gasteiger partial charge in [-0.1, -0.05) is 6.07 Å². The Labute approximate surface area is 131 Å². The molecule has 3 aromatic rings. The van der Waals surface area contributed by atoms with E-state index in [2.05, 4.69) is 4.98 Å². The SMILES string of the molecule is Cc1cccn2c(=O)cc(COC(=O)c3ccc(O)cc3)nc12. The van der Waals surface area contributed by atoms with Gasteiger partial charge < -0.3 is 9.84 Å². The molecule has 0 atom stereocenters. The van der Waals surface area contributed by atoms with E-state index in [1.165, 1.54) is 34.7 Å². The lowest BCUT2D eigenvalue weighted by Gasteiger charge is -2.07. The molecule has 1 N–H and O–H groups in total. The van der Waals surface area contributed by atoms with Crippen molar-refractivity contribution in [2.24, 2.45) is 0 Å². The minimum absolute atomic E-state index is 0.0706. The number of benzene rings is 1. The highest BCUT2D eigenvalue weighted by Crippen LogP contribution is 2.12. The number of hydrogen-bond donors (Lipinski definition) is 1. The Morgan fingerprint density at radius 2 is 2.00 bits per heavy atom. The quantitative estimate of drug-likeness (QED) is 0.749. The molecule has 0 fully saturated rings. The predicted octanol–water partition coefficient (Wildman–Crippen LogP) is 2.07. The molecule has 0 spiro atoms. The Hall–Kier alpha value is -3.15. The minimum Gasteiger partial charge on any atom is -0.508 e. The fraction of sp³-hybridized carbons (Fsp3) is 0.118. The van der Waals surface area contributed by atoms with Gasteiger partial charge in [-0.2, -0.15) is 0 Å². The van der Waals surface area contributed by atoms with E-state index in [9.17, 15) is 14.7 Å². The Bertz CT molecular complexity index is 929. The van der Waals surface area contributed by atoms with Crippen LogP contribution in [-0.2, 0) is 11.3 Å². The number of phenols is 1. The molecule has 0 saturated carbocycles. The Morgan fingerprint density at radius 1 is 1.26 bits per heavy atom. The number of esters is 1. The fourth-order valence-corrected chi connectivity index (χ4v) is 2.20. The molecule has 116 valence electrons. The normalized spacial score (nSPS) is 10.7. The average molecular weight is 310 g/mol. The third-order valence-electron chi connectivity index (χ3n) is 3.39. The van der Waals surface area contributed by atoms with E-state index in [4.69, 9.17) is 4.74 Å². The number of carbonyl (C=O) groups is 1. The predicted molar refractivity (Wildman–Crippen MR) is 83.4 cm³/mol. The maximum Gasteiger partial charge on any atom is 0.338 e. The zero-order valence-electron chi connectivity index (χ0n) is 12.4. The molecular formula is C17H14N2O4. The van der Waals surface area contributed by atoms with Crippen molar-refractivity contribution in [3.8, 4) is 5.75 Å². The summed E-state index contributed by atoms with van der Waals surface area (Å²) in [6, 6.07) is 10.7. The number of ether oxygens (including phenoxy) is 1. The highest BCUT2D eigenvalue weighted by Gasteiger charge is 2.10. The first kappa shape index (κ1) is 14.8. The molecule has 0 saturated heterocycles. The van der Waals surface area contributed by atoms with Crippen LogP contribution in [-0.4, -0.2) is 20.5 Å². The third kappa shape index (κ3) is 3.06. The molecule has 1 aromatic carbocycles. The van der Waals surface area contributed by atoms with Crippen LogP contribution in [0.1, 0.15) is 21.6 Å². The number of pyridine rings is 1. The van der Waals surface area contributed by atoms with Crippen LogP contribution in [0.2, 0.25) is 0 Å². The summed E-state index contributed by atoms with van der Waals surface area (Å²) < 4.78 is 6.61. The van der Waals surface area contributed by atoms with E-state index in [0.717, 1.165) is 5.56 Å². The van der Waals surface area contributed by atoms with Crippen LogP contribution in [0, 0.1) is 6.92 Å². The molecule has 0 radical (unpaired) electrons. The minimum atomic E-state index is -0.545. The van der Waals surface area contributed by atoms with Crippen molar-refractivity contribution < 1.29 is 14.6 Å². The first-order chi connectivity index (χ1) is 11.0. The van der Waals surface area contributed by atoms with Crippen LogP contribution < -0.4 is 5.56 Å². The van der Waals surface area contributed by atoms with Gasteiger partial charge in [-0.15, -0.1) is 0 Å². The number of aromatic nitrogens is 2. The third-order valence-corrected chi connectivity index (χ3v) is 3.39. The Balaban J connectivity index is 1.82. The van der Waals surface area contributed by atoms with Crippen LogP contribution in [0.15, 0.2) is 53.5 Å². The summed E-state index contributed by atoms with van der Waals surface area (Å²) in [7, 11) is 0. The molecule has 0 aliphatic carbocycles. The highest BCUT2D eigenvalue weighted by atomic mass is 16.5. The van der Waals surface area contributed by atoms with Gasteiger partial charge in [0.25, 0.3) is 5.56 Å². The topological polar surface area (TPSA) is 80.9 Å². The summed E-state index contributed by atoms with van der Waals surface area (Å²) in [6.45, 7) is 1.76. The smallest absolute Gasteiger partial charge is 0.338 e. The molecule has 0 aliphatic heterocycles. The number of hydrogen-bond acceptors (Lipinski definition) is 5. The van der Waals surface area contributed by atoms with Crippen molar-refractivity contribution in [3.05, 3.63) is 75.8 Å². The van der Waals surface area contributed by atoms with Crippen LogP contribution in [0.4, 0.5) is 0 Å². The van der Waals surface area contributed by atoms with Crippen LogP contribution >= 0.6 is 0 Å². The largest absolute Gasteiger partial charge is 0.508 e. The van der Waals surface area contributed by atoms with Crippen molar-refractivity contribution in [1.29, 1.82) is 0 Å². The first-order valence-corrected chi connectivity index (χ1v) is 6.98. The number of carbonyl (C=O) groups excluding carboxylic acids is 1. The zero-order chi connectivity index (χ0) is 16.4. The zero-order valence-corrected chi connectivity index (χ0v) is 12.4. The van der Waals surface area contributed by atoms with Gasteiger partial charge in [-0.05, 0) is 42.8 Å². The van der Waals surface area contributed by atoms with Crippen LogP contribution in [0.3, 0.4) is 0 Å². The van der Waals surface area contributed by atoms with E-state index in [-0.39, 0.29) is 17.9 Å². The van der Waals surface area contributed by atoms with Gasteiger partial charge in [0.1, 0.15) is 18.0 Å². The number of rotatable bonds is 3. The summed E-state index contributed by atoms with van der Waals surface area (Å²) in [6.07, 6.45) is 1.64. The molecule has 23 heavy (non-hydrogen) atoms. The number of phenolic OH excluding ortho intramolecular Hbond substituents is 1. The van der Waals surface area contributed by atoms with Gasteiger partial charge >= 0.3 is 5.97 Å². The Kier molecular flexibility index (Phi) is 3.80. The number of aromatic hydroxyl groups is 1. The lowest BCUT2D eigenvalue weighted by molar-refractivity contribution is 0.0467. The van der Waals surface area contributed by atoms with Gasteiger partial charge in [0, 0.05) is 12.3 Å². The van der Waals surface area contributed by atoms with Gasteiger partial charge in [-0.3, -0.25) is 9.20 Å². The molecule has 2 aromatic heterocycles. The number of fused-ring (bicyclic) bond motifs is 1. The lowest BCUT2D eigenvalue weighted by Crippen LogP contribution is -2.17. The second-order valence-electron chi connectivity index (χ2n) is 5.09. The summed E-state index contributed by atoms with van der Waals surface area (Å²) in [4.78, 5) is 28.3.